The zero-order valence-corrected chi connectivity index (χ0v) is 11.7. The first-order valence-corrected chi connectivity index (χ1v) is 6.75. The molecule has 0 atom stereocenters. The molecule has 0 radical (unpaired) electrons. The van der Waals surface area contributed by atoms with Crippen LogP contribution in [0.15, 0.2) is 59.8 Å². The molecule has 0 unspecified atom stereocenters. The maximum atomic E-state index is 8.71. The molecule has 0 aromatic heterocycles. The molecular weight excluding hydrogens is 262 g/mol. The highest BCUT2D eigenvalue weighted by Crippen LogP contribution is 2.06. The lowest BCUT2D eigenvalue weighted by Crippen LogP contribution is -2.13. The molecule has 2 rings (SSSR count). The smallest absolute Gasteiger partial charge is 0.142 e. The number of amidine groups is 1. The summed E-state index contributed by atoms with van der Waals surface area (Å²) in [4.78, 5) is 5.22. The number of hydrogen-bond acceptors (Lipinski definition) is 3. The van der Waals surface area contributed by atoms with Crippen molar-refractivity contribution in [1.82, 2.24) is 0 Å². The molecule has 0 aliphatic carbocycles. The Bertz CT molecular complexity index is 627. The number of nitrogens with two attached hydrogens (primary N) is 1. The second-order valence-corrected chi connectivity index (χ2v) is 4.65. The van der Waals surface area contributed by atoms with Gasteiger partial charge >= 0.3 is 0 Å². The Morgan fingerprint density at radius 2 is 1.76 bits per heavy atom. The first-order valence-electron chi connectivity index (χ1n) is 6.75. The summed E-state index contributed by atoms with van der Waals surface area (Å²) in [6.45, 7) is 0.345. The van der Waals surface area contributed by atoms with Crippen molar-refractivity contribution in [3.05, 3.63) is 71.3 Å². The van der Waals surface area contributed by atoms with Gasteiger partial charge in [-0.25, -0.2) is 0 Å². The van der Waals surface area contributed by atoms with Gasteiger partial charge in [-0.1, -0.05) is 47.6 Å². The predicted octanol–water partition coefficient (Wildman–Crippen LogP) is 2.98. The SMILES string of the molecule is N#Cc1ccc(CO/N=C(\N)CCc2ccccc2)cc1. The standard InChI is InChI=1S/C17H17N3O/c18-12-15-6-8-16(9-7-15)13-21-20-17(19)11-10-14-4-2-1-3-5-14/h1-9H,10-11,13H2,(H2,19,20). The van der Waals surface area contributed by atoms with Gasteiger partial charge in [-0.05, 0) is 29.7 Å². The Morgan fingerprint density at radius 3 is 2.43 bits per heavy atom. The summed E-state index contributed by atoms with van der Waals surface area (Å²) < 4.78 is 0. The molecule has 0 aliphatic rings. The van der Waals surface area contributed by atoms with Crippen molar-refractivity contribution in [2.45, 2.75) is 19.4 Å². The van der Waals surface area contributed by atoms with Crippen LogP contribution in [0.3, 0.4) is 0 Å². The molecule has 0 bridgehead atoms. The molecule has 0 amide bonds. The normalized spacial score (nSPS) is 10.9. The molecule has 0 heterocycles. The fourth-order valence-corrected chi connectivity index (χ4v) is 1.83. The lowest BCUT2D eigenvalue weighted by molar-refractivity contribution is 0.129. The summed E-state index contributed by atoms with van der Waals surface area (Å²) in [5.74, 6) is 0.479. The van der Waals surface area contributed by atoms with Crippen LogP contribution in [-0.2, 0) is 17.9 Å². The van der Waals surface area contributed by atoms with E-state index < -0.39 is 0 Å². The maximum Gasteiger partial charge on any atom is 0.142 e. The van der Waals surface area contributed by atoms with Gasteiger partial charge in [0.2, 0.25) is 0 Å². The number of rotatable bonds is 6. The molecule has 0 fully saturated rings. The van der Waals surface area contributed by atoms with E-state index >= 15 is 0 Å². The third kappa shape index (κ3) is 5.00. The average molecular weight is 279 g/mol. The summed E-state index contributed by atoms with van der Waals surface area (Å²) in [6.07, 6.45) is 1.51. The number of nitrogens with zero attached hydrogens (tertiary/aromatic N) is 2. The van der Waals surface area contributed by atoms with Crippen molar-refractivity contribution in [2.24, 2.45) is 10.9 Å². The van der Waals surface area contributed by atoms with E-state index in [2.05, 4.69) is 23.4 Å². The van der Waals surface area contributed by atoms with E-state index in [0.717, 1.165) is 12.0 Å². The van der Waals surface area contributed by atoms with Gasteiger partial charge in [0.1, 0.15) is 12.4 Å². The third-order valence-electron chi connectivity index (χ3n) is 3.01. The average Bonchev–Trinajstić information content (AvgIpc) is 2.54. The first-order chi connectivity index (χ1) is 10.3. The van der Waals surface area contributed by atoms with E-state index in [0.29, 0.717) is 24.4 Å². The van der Waals surface area contributed by atoms with Crippen LogP contribution in [0.4, 0.5) is 0 Å². The first kappa shape index (κ1) is 14.6. The van der Waals surface area contributed by atoms with Gasteiger partial charge in [-0.2, -0.15) is 5.26 Å². The molecule has 4 heteroatoms. The molecule has 0 spiro atoms. The Morgan fingerprint density at radius 1 is 1.05 bits per heavy atom. The number of nitriles is 1. The van der Waals surface area contributed by atoms with Gasteiger partial charge in [0.15, 0.2) is 0 Å². The summed E-state index contributed by atoms with van der Waals surface area (Å²) in [6, 6.07) is 19.4. The number of benzene rings is 2. The molecule has 2 N–H and O–H groups in total. The molecule has 4 nitrogen and oxygen atoms in total. The van der Waals surface area contributed by atoms with Crippen LogP contribution in [-0.4, -0.2) is 5.84 Å². The van der Waals surface area contributed by atoms with E-state index in [4.69, 9.17) is 15.8 Å². The topological polar surface area (TPSA) is 71.4 Å². The van der Waals surface area contributed by atoms with Crippen molar-refractivity contribution in [3.8, 4) is 6.07 Å². The number of oxime groups is 1. The summed E-state index contributed by atoms with van der Waals surface area (Å²) >= 11 is 0. The zero-order chi connectivity index (χ0) is 14.9. The van der Waals surface area contributed by atoms with Crippen molar-refractivity contribution in [2.75, 3.05) is 0 Å². The Hall–Kier alpha value is -2.80. The van der Waals surface area contributed by atoms with Crippen LogP contribution < -0.4 is 5.73 Å². The minimum atomic E-state index is 0.345. The van der Waals surface area contributed by atoms with E-state index in [1.165, 1.54) is 5.56 Å². The lowest BCUT2D eigenvalue weighted by Gasteiger charge is -2.03. The maximum absolute atomic E-state index is 8.71. The monoisotopic (exact) mass is 279 g/mol. The fraction of sp³-hybridized carbons (Fsp3) is 0.176. The largest absolute Gasteiger partial charge is 0.390 e. The highest BCUT2D eigenvalue weighted by Gasteiger charge is 1.98. The Kier molecular flexibility index (Phi) is 5.36. The third-order valence-corrected chi connectivity index (χ3v) is 3.01. The van der Waals surface area contributed by atoms with E-state index in [1.807, 2.05) is 30.3 Å². The molecule has 106 valence electrons. The van der Waals surface area contributed by atoms with Gasteiger partial charge in [-0.15, -0.1) is 0 Å². The van der Waals surface area contributed by atoms with Crippen molar-refractivity contribution >= 4 is 5.84 Å². The van der Waals surface area contributed by atoms with Gasteiger partial charge < -0.3 is 10.6 Å². The van der Waals surface area contributed by atoms with Gasteiger partial charge in [0, 0.05) is 6.42 Å². The fourth-order valence-electron chi connectivity index (χ4n) is 1.83. The van der Waals surface area contributed by atoms with Gasteiger partial charge in [0.25, 0.3) is 0 Å². The zero-order valence-electron chi connectivity index (χ0n) is 11.7. The van der Waals surface area contributed by atoms with Gasteiger partial charge in [0.05, 0.1) is 11.6 Å². The van der Waals surface area contributed by atoms with Crippen molar-refractivity contribution < 1.29 is 4.84 Å². The van der Waals surface area contributed by atoms with E-state index in [1.54, 1.807) is 12.1 Å². The summed E-state index contributed by atoms with van der Waals surface area (Å²) in [5.41, 5.74) is 8.62. The number of aryl methyl sites for hydroxylation is 1. The highest BCUT2D eigenvalue weighted by molar-refractivity contribution is 5.79. The van der Waals surface area contributed by atoms with Crippen LogP contribution in [0.2, 0.25) is 0 Å². The van der Waals surface area contributed by atoms with Crippen LogP contribution in [0.25, 0.3) is 0 Å². The quantitative estimate of drug-likeness (QED) is 0.502. The van der Waals surface area contributed by atoms with Gasteiger partial charge in [-0.3, -0.25) is 0 Å². The Balaban J connectivity index is 1.76. The lowest BCUT2D eigenvalue weighted by atomic mass is 10.1. The molecule has 0 aliphatic heterocycles. The van der Waals surface area contributed by atoms with Crippen LogP contribution in [0.5, 0.6) is 0 Å². The van der Waals surface area contributed by atoms with Crippen molar-refractivity contribution in [1.29, 1.82) is 5.26 Å². The number of hydrogen-bond donors (Lipinski definition) is 1. The molecular formula is C17H17N3O. The highest BCUT2D eigenvalue weighted by atomic mass is 16.6. The summed E-state index contributed by atoms with van der Waals surface area (Å²) in [7, 11) is 0. The van der Waals surface area contributed by atoms with Crippen LogP contribution >= 0.6 is 0 Å². The minimum absolute atomic E-state index is 0.345. The van der Waals surface area contributed by atoms with E-state index in [9.17, 15) is 0 Å². The minimum Gasteiger partial charge on any atom is -0.390 e. The molecule has 0 saturated heterocycles. The molecule has 2 aromatic carbocycles. The second-order valence-electron chi connectivity index (χ2n) is 4.65. The Labute approximate surface area is 124 Å². The second kappa shape index (κ2) is 7.71. The van der Waals surface area contributed by atoms with Crippen LogP contribution in [0.1, 0.15) is 23.1 Å². The molecule has 2 aromatic rings. The van der Waals surface area contributed by atoms with Crippen LogP contribution in [0, 0.1) is 11.3 Å². The molecule has 0 saturated carbocycles. The predicted molar refractivity (Wildman–Crippen MR) is 82.3 cm³/mol. The summed E-state index contributed by atoms with van der Waals surface area (Å²) in [5, 5.41) is 12.6. The molecule has 21 heavy (non-hydrogen) atoms. The van der Waals surface area contributed by atoms with Crippen molar-refractivity contribution in [3.63, 3.8) is 0 Å². The van der Waals surface area contributed by atoms with E-state index in [-0.39, 0.29) is 0 Å².